The van der Waals surface area contributed by atoms with E-state index in [1.54, 1.807) is 7.11 Å². The van der Waals surface area contributed by atoms with Crippen molar-refractivity contribution >= 4 is 11.0 Å². The molecule has 1 aromatic heterocycles. The molecule has 0 amide bonds. The molecule has 1 unspecified atom stereocenters. The average Bonchev–Trinajstić information content (AvgIpc) is 2.76. The number of rotatable bonds is 2. The number of hydrogen-bond acceptors (Lipinski definition) is 4. The van der Waals surface area contributed by atoms with Crippen molar-refractivity contribution in [2.75, 3.05) is 26.9 Å². The predicted molar refractivity (Wildman–Crippen MR) is 68.8 cm³/mol. The van der Waals surface area contributed by atoms with Gasteiger partial charge < -0.3 is 19.4 Å². The van der Waals surface area contributed by atoms with Crippen LogP contribution < -0.4 is 10.1 Å². The standard InChI is InChI=1S/C13H17N3O2/c1-16-12-4-3-9(17-2)7-10(12)15-13(16)11-8-18-6-5-14-11/h3-4,7,11,14H,5-6,8H2,1-2H3. The third kappa shape index (κ3) is 1.85. The van der Waals surface area contributed by atoms with Gasteiger partial charge in [0.25, 0.3) is 0 Å². The van der Waals surface area contributed by atoms with Crippen molar-refractivity contribution in [1.29, 1.82) is 0 Å². The smallest absolute Gasteiger partial charge is 0.129 e. The second-order valence-corrected chi connectivity index (χ2v) is 4.47. The molecule has 1 N–H and O–H groups in total. The van der Waals surface area contributed by atoms with Crippen molar-refractivity contribution in [2.24, 2.45) is 7.05 Å². The van der Waals surface area contributed by atoms with E-state index in [9.17, 15) is 0 Å². The summed E-state index contributed by atoms with van der Waals surface area (Å²) in [6.45, 7) is 2.32. The van der Waals surface area contributed by atoms with Crippen LogP contribution in [0.5, 0.6) is 5.75 Å². The van der Waals surface area contributed by atoms with E-state index in [0.717, 1.165) is 35.8 Å². The Hall–Kier alpha value is -1.59. The molecule has 2 heterocycles. The first-order valence-corrected chi connectivity index (χ1v) is 6.11. The molecule has 3 rings (SSSR count). The molecule has 0 spiro atoms. The summed E-state index contributed by atoms with van der Waals surface area (Å²) in [6, 6.07) is 6.12. The lowest BCUT2D eigenvalue weighted by atomic mass is 10.2. The van der Waals surface area contributed by atoms with E-state index in [-0.39, 0.29) is 6.04 Å². The molecule has 1 aromatic carbocycles. The molecule has 5 heteroatoms. The highest BCUT2D eigenvalue weighted by atomic mass is 16.5. The van der Waals surface area contributed by atoms with Crippen molar-refractivity contribution in [1.82, 2.24) is 14.9 Å². The minimum Gasteiger partial charge on any atom is -0.497 e. The molecule has 0 saturated carbocycles. The molecule has 1 aliphatic heterocycles. The van der Waals surface area contributed by atoms with Crippen LogP contribution in [0.25, 0.3) is 11.0 Å². The summed E-state index contributed by atoms with van der Waals surface area (Å²) in [5.41, 5.74) is 2.07. The Bertz CT molecular complexity index is 559. The Morgan fingerprint density at radius 3 is 3.11 bits per heavy atom. The lowest BCUT2D eigenvalue weighted by Crippen LogP contribution is -2.36. The lowest BCUT2D eigenvalue weighted by Gasteiger charge is -2.23. The molecule has 0 radical (unpaired) electrons. The minimum atomic E-state index is 0.169. The van der Waals surface area contributed by atoms with Crippen LogP contribution in [0, 0.1) is 0 Å². The third-order valence-corrected chi connectivity index (χ3v) is 3.36. The summed E-state index contributed by atoms with van der Waals surface area (Å²) >= 11 is 0. The fourth-order valence-corrected chi connectivity index (χ4v) is 2.37. The first-order chi connectivity index (χ1) is 8.79. The van der Waals surface area contributed by atoms with Gasteiger partial charge in [0.15, 0.2) is 0 Å². The first kappa shape index (κ1) is 11.5. The van der Waals surface area contributed by atoms with Gasteiger partial charge in [-0.3, -0.25) is 0 Å². The van der Waals surface area contributed by atoms with Gasteiger partial charge in [0.05, 0.1) is 37.4 Å². The van der Waals surface area contributed by atoms with Gasteiger partial charge in [-0.05, 0) is 12.1 Å². The number of aromatic nitrogens is 2. The second-order valence-electron chi connectivity index (χ2n) is 4.47. The third-order valence-electron chi connectivity index (χ3n) is 3.36. The van der Waals surface area contributed by atoms with Gasteiger partial charge in [0.2, 0.25) is 0 Å². The Morgan fingerprint density at radius 1 is 1.50 bits per heavy atom. The maximum absolute atomic E-state index is 5.49. The van der Waals surface area contributed by atoms with Gasteiger partial charge in [0.1, 0.15) is 11.6 Å². The van der Waals surface area contributed by atoms with E-state index < -0.39 is 0 Å². The van der Waals surface area contributed by atoms with E-state index in [0.29, 0.717) is 6.61 Å². The van der Waals surface area contributed by atoms with Crippen LogP contribution in [0.3, 0.4) is 0 Å². The SMILES string of the molecule is COc1ccc2c(c1)nc(C1COCCN1)n2C. The fraction of sp³-hybridized carbons (Fsp3) is 0.462. The summed E-state index contributed by atoms with van der Waals surface area (Å²) in [6.07, 6.45) is 0. The molecule has 0 aliphatic carbocycles. The molecular weight excluding hydrogens is 230 g/mol. The van der Waals surface area contributed by atoms with Gasteiger partial charge in [-0.15, -0.1) is 0 Å². The highest BCUT2D eigenvalue weighted by Crippen LogP contribution is 2.24. The van der Waals surface area contributed by atoms with Crippen LogP contribution in [-0.2, 0) is 11.8 Å². The molecular formula is C13H17N3O2. The molecule has 18 heavy (non-hydrogen) atoms. The number of benzene rings is 1. The molecule has 96 valence electrons. The Labute approximate surface area is 106 Å². The van der Waals surface area contributed by atoms with Crippen molar-refractivity contribution in [3.63, 3.8) is 0 Å². The molecule has 1 fully saturated rings. The van der Waals surface area contributed by atoms with Crippen molar-refractivity contribution in [2.45, 2.75) is 6.04 Å². The summed E-state index contributed by atoms with van der Waals surface area (Å²) in [5, 5.41) is 3.43. The van der Waals surface area contributed by atoms with Crippen LogP contribution in [0.2, 0.25) is 0 Å². The first-order valence-electron chi connectivity index (χ1n) is 6.11. The maximum Gasteiger partial charge on any atom is 0.129 e. The van der Waals surface area contributed by atoms with Crippen molar-refractivity contribution < 1.29 is 9.47 Å². The largest absolute Gasteiger partial charge is 0.497 e. The van der Waals surface area contributed by atoms with Gasteiger partial charge in [0, 0.05) is 19.7 Å². The van der Waals surface area contributed by atoms with Crippen LogP contribution in [0.1, 0.15) is 11.9 Å². The van der Waals surface area contributed by atoms with E-state index in [1.807, 2.05) is 25.2 Å². The number of nitrogens with one attached hydrogen (secondary N) is 1. The quantitative estimate of drug-likeness (QED) is 0.867. The monoisotopic (exact) mass is 247 g/mol. The molecule has 0 bridgehead atoms. The Morgan fingerprint density at radius 2 is 2.39 bits per heavy atom. The average molecular weight is 247 g/mol. The maximum atomic E-state index is 5.49. The zero-order chi connectivity index (χ0) is 12.5. The number of imidazole rings is 1. The highest BCUT2D eigenvalue weighted by molar-refractivity contribution is 5.77. The lowest BCUT2D eigenvalue weighted by molar-refractivity contribution is 0.0735. The summed E-state index contributed by atoms with van der Waals surface area (Å²) in [7, 11) is 3.70. The number of morpholine rings is 1. The van der Waals surface area contributed by atoms with E-state index in [2.05, 4.69) is 14.9 Å². The molecule has 1 atom stereocenters. The number of fused-ring (bicyclic) bond motifs is 1. The minimum absolute atomic E-state index is 0.169. The zero-order valence-corrected chi connectivity index (χ0v) is 10.6. The number of ether oxygens (including phenoxy) is 2. The van der Waals surface area contributed by atoms with Crippen LogP contribution in [-0.4, -0.2) is 36.4 Å². The van der Waals surface area contributed by atoms with E-state index in [1.165, 1.54) is 0 Å². The van der Waals surface area contributed by atoms with E-state index in [4.69, 9.17) is 9.47 Å². The number of nitrogens with zero attached hydrogens (tertiary/aromatic N) is 2. The van der Waals surface area contributed by atoms with Gasteiger partial charge >= 0.3 is 0 Å². The topological polar surface area (TPSA) is 48.3 Å². The fourth-order valence-electron chi connectivity index (χ4n) is 2.37. The second kappa shape index (κ2) is 4.59. The predicted octanol–water partition coefficient (Wildman–Crippen LogP) is 1.24. The Kier molecular flexibility index (Phi) is 2.93. The summed E-state index contributed by atoms with van der Waals surface area (Å²) in [5.74, 6) is 1.85. The van der Waals surface area contributed by atoms with Crippen LogP contribution in [0.4, 0.5) is 0 Å². The van der Waals surface area contributed by atoms with Crippen LogP contribution in [0.15, 0.2) is 18.2 Å². The number of aryl methyl sites for hydroxylation is 1. The molecule has 1 saturated heterocycles. The summed E-state index contributed by atoms with van der Waals surface area (Å²) < 4.78 is 12.8. The normalized spacial score (nSPS) is 20.2. The highest BCUT2D eigenvalue weighted by Gasteiger charge is 2.21. The number of hydrogen-bond donors (Lipinski definition) is 1. The van der Waals surface area contributed by atoms with Crippen molar-refractivity contribution in [3.05, 3.63) is 24.0 Å². The Balaban J connectivity index is 2.04. The van der Waals surface area contributed by atoms with Gasteiger partial charge in [-0.2, -0.15) is 0 Å². The molecule has 1 aliphatic rings. The van der Waals surface area contributed by atoms with Gasteiger partial charge in [-0.25, -0.2) is 4.98 Å². The number of methoxy groups -OCH3 is 1. The molecule has 5 nitrogen and oxygen atoms in total. The zero-order valence-electron chi connectivity index (χ0n) is 10.6. The summed E-state index contributed by atoms with van der Waals surface area (Å²) in [4.78, 5) is 4.69. The van der Waals surface area contributed by atoms with Gasteiger partial charge in [-0.1, -0.05) is 0 Å². The van der Waals surface area contributed by atoms with E-state index >= 15 is 0 Å². The van der Waals surface area contributed by atoms with Crippen LogP contribution >= 0.6 is 0 Å². The van der Waals surface area contributed by atoms with Crippen molar-refractivity contribution in [3.8, 4) is 5.75 Å². The molecule has 2 aromatic rings.